The van der Waals surface area contributed by atoms with E-state index in [4.69, 9.17) is 5.73 Å². The SMILES string of the molecule is CC[C@]1(NSC(C)(C)C)C=CC=CC1N. The average molecular weight is 226 g/mol. The second-order valence-corrected chi connectivity index (χ2v) is 6.61. The van der Waals surface area contributed by atoms with Crippen LogP contribution < -0.4 is 10.5 Å². The molecule has 1 rings (SSSR count). The molecule has 0 fully saturated rings. The van der Waals surface area contributed by atoms with Crippen molar-refractivity contribution >= 4 is 11.9 Å². The van der Waals surface area contributed by atoms with Crippen LogP contribution in [0.4, 0.5) is 0 Å². The van der Waals surface area contributed by atoms with E-state index in [1.54, 1.807) is 11.9 Å². The molecule has 0 aromatic heterocycles. The van der Waals surface area contributed by atoms with Gasteiger partial charge in [0.25, 0.3) is 0 Å². The predicted molar refractivity (Wildman–Crippen MR) is 69.8 cm³/mol. The zero-order valence-corrected chi connectivity index (χ0v) is 10.9. The fourth-order valence-corrected chi connectivity index (χ4v) is 2.31. The van der Waals surface area contributed by atoms with Gasteiger partial charge in [-0.05, 0) is 27.2 Å². The maximum Gasteiger partial charge on any atom is 0.0649 e. The number of nitrogens with two attached hydrogens (primary N) is 1. The lowest BCUT2D eigenvalue weighted by molar-refractivity contribution is 0.422. The highest BCUT2D eigenvalue weighted by Gasteiger charge is 2.33. The molecule has 0 aromatic carbocycles. The van der Waals surface area contributed by atoms with Gasteiger partial charge in [0.2, 0.25) is 0 Å². The molecule has 0 saturated carbocycles. The Morgan fingerprint density at radius 1 is 1.40 bits per heavy atom. The molecule has 1 aliphatic rings. The van der Waals surface area contributed by atoms with Crippen molar-refractivity contribution in [2.75, 3.05) is 0 Å². The van der Waals surface area contributed by atoms with Gasteiger partial charge in [0.1, 0.15) is 0 Å². The highest BCUT2D eigenvalue weighted by molar-refractivity contribution is 7.98. The highest BCUT2D eigenvalue weighted by Crippen LogP contribution is 2.28. The molecule has 0 heterocycles. The van der Waals surface area contributed by atoms with Gasteiger partial charge in [-0.15, -0.1) is 0 Å². The zero-order valence-electron chi connectivity index (χ0n) is 10.1. The molecule has 3 N–H and O–H groups in total. The molecule has 15 heavy (non-hydrogen) atoms. The second-order valence-electron chi connectivity index (χ2n) is 4.98. The van der Waals surface area contributed by atoms with Crippen molar-refractivity contribution in [2.24, 2.45) is 5.73 Å². The van der Waals surface area contributed by atoms with Crippen LogP contribution in [0.2, 0.25) is 0 Å². The molecule has 0 amide bonds. The van der Waals surface area contributed by atoms with Crippen LogP contribution in [0.25, 0.3) is 0 Å². The van der Waals surface area contributed by atoms with Crippen LogP contribution in [0, 0.1) is 0 Å². The topological polar surface area (TPSA) is 38.0 Å². The molecule has 0 aromatic rings. The van der Waals surface area contributed by atoms with E-state index in [2.05, 4.69) is 50.6 Å². The molecular weight excluding hydrogens is 204 g/mol. The normalized spacial score (nSPS) is 30.9. The van der Waals surface area contributed by atoms with E-state index in [1.807, 2.05) is 6.08 Å². The maximum absolute atomic E-state index is 6.14. The summed E-state index contributed by atoms with van der Waals surface area (Å²) in [6.07, 6.45) is 9.32. The first kappa shape index (κ1) is 12.8. The van der Waals surface area contributed by atoms with Crippen molar-refractivity contribution in [3.63, 3.8) is 0 Å². The first-order valence-electron chi connectivity index (χ1n) is 5.46. The van der Waals surface area contributed by atoms with Gasteiger partial charge < -0.3 is 5.73 Å². The van der Waals surface area contributed by atoms with E-state index < -0.39 is 0 Å². The van der Waals surface area contributed by atoms with Gasteiger partial charge in [-0.3, -0.25) is 4.72 Å². The van der Waals surface area contributed by atoms with Gasteiger partial charge in [-0.25, -0.2) is 0 Å². The van der Waals surface area contributed by atoms with Crippen molar-refractivity contribution in [2.45, 2.75) is 50.4 Å². The minimum atomic E-state index is -0.0906. The largest absolute Gasteiger partial charge is 0.323 e. The van der Waals surface area contributed by atoms with Crippen LogP contribution in [-0.2, 0) is 0 Å². The third-order valence-corrected chi connectivity index (χ3v) is 3.64. The van der Waals surface area contributed by atoms with Gasteiger partial charge in [0.15, 0.2) is 0 Å². The smallest absolute Gasteiger partial charge is 0.0649 e. The van der Waals surface area contributed by atoms with Crippen molar-refractivity contribution in [3.8, 4) is 0 Å². The number of nitrogens with one attached hydrogen (secondary N) is 1. The summed E-state index contributed by atoms with van der Waals surface area (Å²) in [6, 6.07) is 0.0577. The molecule has 0 radical (unpaired) electrons. The third kappa shape index (κ3) is 3.37. The fraction of sp³-hybridized carbons (Fsp3) is 0.667. The van der Waals surface area contributed by atoms with Gasteiger partial charge >= 0.3 is 0 Å². The minimum absolute atomic E-state index is 0.0577. The molecule has 0 saturated heterocycles. The van der Waals surface area contributed by atoms with E-state index in [0.717, 1.165) is 6.42 Å². The summed E-state index contributed by atoms with van der Waals surface area (Å²) < 4.78 is 3.73. The molecular formula is C12H22N2S. The molecule has 3 heteroatoms. The summed E-state index contributed by atoms with van der Waals surface area (Å²) in [4.78, 5) is 0. The van der Waals surface area contributed by atoms with Gasteiger partial charge in [0, 0.05) is 10.8 Å². The standard InChI is InChI=1S/C12H22N2S/c1-5-12(14-15-11(2,3)4)9-7-6-8-10(12)13/h6-10,14H,5,13H2,1-4H3/t10?,12-/m0/s1. The number of rotatable bonds is 3. The lowest BCUT2D eigenvalue weighted by Gasteiger charge is -2.38. The van der Waals surface area contributed by atoms with E-state index in [9.17, 15) is 0 Å². The highest BCUT2D eigenvalue weighted by atomic mass is 32.2. The lowest BCUT2D eigenvalue weighted by Crippen LogP contribution is -2.54. The Balaban J connectivity index is 2.69. The van der Waals surface area contributed by atoms with Crippen LogP contribution in [0.5, 0.6) is 0 Å². The monoisotopic (exact) mass is 226 g/mol. The second kappa shape index (κ2) is 4.73. The summed E-state index contributed by atoms with van der Waals surface area (Å²) in [5, 5.41) is 0. The molecule has 2 nitrogen and oxygen atoms in total. The Bertz CT molecular complexity index is 265. The maximum atomic E-state index is 6.14. The van der Waals surface area contributed by atoms with Crippen molar-refractivity contribution in [3.05, 3.63) is 24.3 Å². The fourth-order valence-electron chi connectivity index (χ4n) is 1.47. The van der Waals surface area contributed by atoms with Crippen molar-refractivity contribution < 1.29 is 0 Å². The van der Waals surface area contributed by atoms with Crippen LogP contribution in [0.1, 0.15) is 34.1 Å². The zero-order chi connectivity index (χ0) is 11.5. The van der Waals surface area contributed by atoms with E-state index in [1.165, 1.54) is 0 Å². The number of hydrogen-bond donors (Lipinski definition) is 2. The van der Waals surface area contributed by atoms with Crippen LogP contribution in [-0.4, -0.2) is 16.3 Å². The molecule has 1 aliphatic carbocycles. The van der Waals surface area contributed by atoms with Crippen LogP contribution >= 0.6 is 11.9 Å². The lowest BCUT2D eigenvalue weighted by atomic mass is 9.85. The first-order valence-corrected chi connectivity index (χ1v) is 6.28. The van der Waals surface area contributed by atoms with E-state index >= 15 is 0 Å². The number of allylic oxidation sites excluding steroid dienone is 2. The molecule has 0 spiro atoms. The molecule has 1 unspecified atom stereocenters. The minimum Gasteiger partial charge on any atom is -0.323 e. The van der Waals surface area contributed by atoms with Crippen molar-refractivity contribution in [1.29, 1.82) is 0 Å². The Labute approximate surface area is 97.5 Å². The van der Waals surface area contributed by atoms with Gasteiger partial charge in [-0.1, -0.05) is 43.2 Å². The third-order valence-electron chi connectivity index (χ3n) is 2.55. The Kier molecular flexibility index (Phi) is 4.04. The summed E-state index contributed by atoms with van der Waals surface area (Å²) in [5.41, 5.74) is 6.05. The molecule has 0 aliphatic heterocycles. The van der Waals surface area contributed by atoms with Crippen LogP contribution in [0.3, 0.4) is 0 Å². The summed E-state index contributed by atoms with van der Waals surface area (Å²) in [6.45, 7) is 8.76. The van der Waals surface area contributed by atoms with Gasteiger partial charge in [-0.2, -0.15) is 0 Å². The Morgan fingerprint density at radius 3 is 2.53 bits per heavy atom. The van der Waals surface area contributed by atoms with Crippen molar-refractivity contribution in [1.82, 2.24) is 4.72 Å². The summed E-state index contributed by atoms with van der Waals surface area (Å²) in [5.74, 6) is 0. The molecule has 86 valence electrons. The first-order chi connectivity index (χ1) is 6.90. The average Bonchev–Trinajstić information content (AvgIpc) is 2.16. The quantitative estimate of drug-likeness (QED) is 0.727. The predicted octanol–water partition coefficient (Wildman–Crippen LogP) is 2.62. The Hall–Kier alpha value is -0.250. The van der Waals surface area contributed by atoms with E-state index in [0.29, 0.717) is 0 Å². The molecule has 2 atom stereocenters. The van der Waals surface area contributed by atoms with Gasteiger partial charge in [0.05, 0.1) is 5.54 Å². The van der Waals surface area contributed by atoms with E-state index in [-0.39, 0.29) is 16.3 Å². The number of hydrogen-bond acceptors (Lipinski definition) is 3. The van der Waals surface area contributed by atoms with Crippen LogP contribution in [0.15, 0.2) is 24.3 Å². The summed E-state index contributed by atoms with van der Waals surface area (Å²) >= 11 is 1.75. The summed E-state index contributed by atoms with van der Waals surface area (Å²) in [7, 11) is 0. The molecule has 0 bridgehead atoms. The Morgan fingerprint density at radius 2 is 2.07 bits per heavy atom.